The Morgan fingerprint density at radius 2 is 0.971 bits per heavy atom. The number of aromatic nitrogens is 2. The van der Waals surface area contributed by atoms with Crippen molar-refractivity contribution >= 4 is 41.3 Å². The number of nitrogens with zero attached hydrogens (tertiary/aromatic N) is 6. The first kappa shape index (κ1) is 49.0. The number of methoxy groups -OCH3 is 2. The number of carbonyl (C=O) groups is 6. The molecule has 356 valence electrons. The van der Waals surface area contributed by atoms with E-state index in [2.05, 4.69) is 17.0 Å². The number of amides is 3. The number of piperazine rings is 2. The second-order valence-electron chi connectivity index (χ2n) is 17.1. The Morgan fingerprint density at radius 3 is 1.39 bits per heavy atom. The highest BCUT2D eigenvalue weighted by atomic mass is 16.5. The summed E-state index contributed by atoms with van der Waals surface area (Å²) in [7, 11) is 2.63. The summed E-state index contributed by atoms with van der Waals surface area (Å²) in [6.07, 6.45) is -0.224. The first-order chi connectivity index (χ1) is 33.5. The topological polar surface area (TPSA) is 152 Å². The fraction of sp³-hybridized carbons (Fsp3) is 0.291. The van der Waals surface area contributed by atoms with Crippen LogP contribution >= 0.6 is 0 Å². The summed E-state index contributed by atoms with van der Waals surface area (Å²) in [6.45, 7) is 5.66. The predicted molar refractivity (Wildman–Crippen MR) is 261 cm³/mol. The molecular weight excluding hydrogens is 873 g/mol. The van der Waals surface area contributed by atoms with Gasteiger partial charge in [0.05, 0.1) is 57.8 Å². The molecule has 6 aromatic rings. The minimum absolute atomic E-state index is 0.000819. The van der Waals surface area contributed by atoms with Crippen LogP contribution in [0.3, 0.4) is 0 Å². The Morgan fingerprint density at radius 1 is 0.565 bits per heavy atom. The average Bonchev–Trinajstić information content (AvgIpc) is 3.76. The maximum absolute atomic E-state index is 14.2. The number of carbonyl (C=O) groups excluding carboxylic acids is 6. The summed E-state index contributed by atoms with van der Waals surface area (Å²) < 4.78 is 12.1. The van der Waals surface area contributed by atoms with Crippen LogP contribution in [-0.2, 0) is 44.8 Å². The number of ether oxygens (including phenoxy) is 2. The number of rotatable bonds is 13. The lowest BCUT2D eigenvalue weighted by molar-refractivity contribution is -0.158. The van der Waals surface area contributed by atoms with E-state index in [4.69, 9.17) is 14.6 Å². The van der Waals surface area contributed by atoms with Crippen LogP contribution < -0.4 is 4.90 Å². The zero-order valence-electron chi connectivity index (χ0n) is 39.4. The zero-order chi connectivity index (χ0) is 48.9. The molecule has 0 unspecified atom stereocenters. The number of Topliss-reactive ketones (excluding diaryl/α,β-unsaturated/α-hetero) is 1. The number of ketones is 1. The van der Waals surface area contributed by atoms with Gasteiger partial charge in [0.1, 0.15) is 23.7 Å². The maximum atomic E-state index is 14.2. The van der Waals surface area contributed by atoms with Crippen LogP contribution in [0.2, 0.25) is 0 Å². The number of anilines is 1. The average molecular weight is 931 g/mol. The second-order valence-corrected chi connectivity index (χ2v) is 17.1. The van der Waals surface area contributed by atoms with Crippen LogP contribution in [0.5, 0.6) is 0 Å². The van der Waals surface area contributed by atoms with Gasteiger partial charge in [-0.05, 0) is 41.7 Å². The minimum atomic E-state index is -0.933. The monoisotopic (exact) mass is 930 g/mol. The molecule has 0 radical (unpaired) electrons. The van der Waals surface area contributed by atoms with Gasteiger partial charge in [0, 0.05) is 32.2 Å². The van der Waals surface area contributed by atoms with E-state index < -0.39 is 35.9 Å². The third-order valence-electron chi connectivity index (χ3n) is 12.4. The summed E-state index contributed by atoms with van der Waals surface area (Å²) in [4.78, 5) is 84.0. The Kier molecular flexibility index (Phi) is 16.5. The molecule has 3 heterocycles. The molecule has 8 rings (SSSR count). The highest BCUT2D eigenvalue weighted by Gasteiger charge is 2.42. The standard InChI is InChI=1S/C31H32N4O3.C24H26N2O5/c1-23-20-28(35(32-23)21-24-12-6-3-7-13-24)33-18-19-34(27(22-33)31(37)38-2)30(36)29(25-14-8-4-9-15-25)26-16-10-5-11-17-26;1-17(27)15-21(28)25-13-14-26(20(16-25)24(30)31-2)23(29)22(18-9-5-3-6-10-18)19-11-7-4-8-12-19/h3-17,20,27,29H,18-19,21-22H2,1-2H3;3-12,20,22H,13-16H2,1-2H3/t27-;20-/m00/s1. The molecule has 0 bridgehead atoms. The molecule has 2 aliphatic rings. The molecule has 5 aromatic carbocycles. The molecule has 14 nitrogen and oxygen atoms in total. The smallest absolute Gasteiger partial charge is 0.330 e. The van der Waals surface area contributed by atoms with Gasteiger partial charge in [-0.1, -0.05) is 152 Å². The molecule has 2 aliphatic heterocycles. The van der Waals surface area contributed by atoms with Crippen molar-refractivity contribution in [2.45, 2.75) is 50.7 Å². The van der Waals surface area contributed by atoms with Gasteiger partial charge in [0.15, 0.2) is 0 Å². The van der Waals surface area contributed by atoms with Crippen molar-refractivity contribution < 1.29 is 38.2 Å². The van der Waals surface area contributed by atoms with E-state index >= 15 is 0 Å². The Hall–Kier alpha value is -7.87. The molecule has 2 saturated heterocycles. The summed E-state index contributed by atoms with van der Waals surface area (Å²) >= 11 is 0. The van der Waals surface area contributed by atoms with E-state index in [0.29, 0.717) is 26.2 Å². The summed E-state index contributed by atoms with van der Waals surface area (Å²) in [5.41, 5.74) is 5.47. The van der Waals surface area contributed by atoms with E-state index in [0.717, 1.165) is 39.3 Å². The van der Waals surface area contributed by atoms with Crippen molar-refractivity contribution in [3.8, 4) is 0 Å². The van der Waals surface area contributed by atoms with Crippen molar-refractivity contribution in [2.75, 3.05) is 58.4 Å². The van der Waals surface area contributed by atoms with E-state index in [1.54, 1.807) is 4.90 Å². The largest absolute Gasteiger partial charge is 0.467 e. The van der Waals surface area contributed by atoms with Crippen molar-refractivity contribution in [3.05, 3.63) is 191 Å². The maximum Gasteiger partial charge on any atom is 0.330 e. The van der Waals surface area contributed by atoms with Gasteiger partial charge >= 0.3 is 11.9 Å². The fourth-order valence-corrected chi connectivity index (χ4v) is 9.06. The minimum Gasteiger partial charge on any atom is -0.467 e. The van der Waals surface area contributed by atoms with Gasteiger partial charge in [0.25, 0.3) is 0 Å². The summed E-state index contributed by atoms with van der Waals surface area (Å²) in [6, 6.07) is 48.8. The number of hydrogen-bond donors (Lipinski definition) is 0. The summed E-state index contributed by atoms with van der Waals surface area (Å²) in [5, 5.41) is 4.71. The van der Waals surface area contributed by atoms with Crippen molar-refractivity contribution in [1.82, 2.24) is 24.5 Å². The van der Waals surface area contributed by atoms with E-state index in [9.17, 15) is 28.8 Å². The lowest BCUT2D eigenvalue weighted by Crippen LogP contribution is -2.60. The van der Waals surface area contributed by atoms with Gasteiger partial charge < -0.3 is 29.1 Å². The van der Waals surface area contributed by atoms with E-state index in [1.807, 2.05) is 157 Å². The van der Waals surface area contributed by atoms with Crippen molar-refractivity contribution in [1.29, 1.82) is 0 Å². The normalized spacial score (nSPS) is 15.8. The van der Waals surface area contributed by atoms with E-state index in [1.165, 1.54) is 30.9 Å². The highest BCUT2D eigenvalue weighted by Crippen LogP contribution is 2.32. The molecule has 0 aliphatic carbocycles. The SMILES string of the molecule is COC(=O)[C@@H]1CN(C(=O)CC(C)=O)CCN1C(=O)C(c1ccccc1)c1ccccc1.COC(=O)[C@@H]1CN(c2cc(C)nn2Cc2ccccc2)CCN1C(=O)C(c1ccccc1)c1ccccc1. The van der Waals surface area contributed by atoms with Crippen LogP contribution in [-0.4, -0.2) is 125 Å². The lowest BCUT2D eigenvalue weighted by Gasteiger charge is -2.42. The van der Waals surface area contributed by atoms with Crippen molar-refractivity contribution in [3.63, 3.8) is 0 Å². The molecule has 2 atom stereocenters. The molecule has 0 spiro atoms. The second kappa shape index (κ2) is 23.2. The molecular formula is C55H58N6O8. The summed E-state index contributed by atoms with van der Waals surface area (Å²) in [5.74, 6) is -2.12. The Balaban J connectivity index is 0.000000208. The molecule has 1 aromatic heterocycles. The van der Waals surface area contributed by atoms with E-state index in [-0.39, 0.29) is 49.6 Å². The first-order valence-corrected chi connectivity index (χ1v) is 23.0. The zero-order valence-corrected chi connectivity index (χ0v) is 39.4. The number of hydrogen-bond acceptors (Lipinski definition) is 10. The molecule has 69 heavy (non-hydrogen) atoms. The molecule has 0 saturated carbocycles. The Labute approximate surface area is 403 Å². The molecule has 2 fully saturated rings. The first-order valence-electron chi connectivity index (χ1n) is 23.0. The fourth-order valence-electron chi connectivity index (χ4n) is 9.06. The predicted octanol–water partition coefficient (Wildman–Crippen LogP) is 6.27. The number of benzene rings is 5. The van der Waals surface area contributed by atoms with Gasteiger partial charge in [0.2, 0.25) is 17.7 Å². The van der Waals surface area contributed by atoms with Crippen LogP contribution in [0.1, 0.15) is 58.7 Å². The lowest BCUT2D eigenvalue weighted by atomic mass is 9.89. The van der Waals surface area contributed by atoms with Crippen LogP contribution in [0.25, 0.3) is 0 Å². The number of esters is 2. The number of aryl methyl sites for hydroxylation is 1. The van der Waals surface area contributed by atoms with Gasteiger partial charge in [-0.2, -0.15) is 5.10 Å². The van der Waals surface area contributed by atoms with Crippen molar-refractivity contribution in [2.24, 2.45) is 0 Å². The van der Waals surface area contributed by atoms with Crippen LogP contribution in [0.15, 0.2) is 158 Å². The highest BCUT2D eigenvalue weighted by molar-refractivity contribution is 5.98. The van der Waals surface area contributed by atoms with Gasteiger partial charge in [-0.25, -0.2) is 14.3 Å². The van der Waals surface area contributed by atoms with Gasteiger partial charge in [-0.15, -0.1) is 0 Å². The molecule has 14 heteroatoms. The molecule has 0 N–H and O–H groups in total. The van der Waals surface area contributed by atoms with Crippen LogP contribution in [0.4, 0.5) is 5.82 Å². The van der Waals surface area contributed by atoms with Crippen LogP contribution in [0, 0.1) is 6.92 Å². The quantitative estimate of drug-likeness (QED) is 0.0958. The van der Waals surface area contributed by atoms with Gasteiger partial charge in [-0.3, -0.25) is 19.2 Å². The molecule has 3 amide bonds. The Bertz CT molecular complexity index is 2600. The third-order valence-corrected chi connectivity index (χ3v) is 12.4. The third kappa shape index (κ3) is 12.0.